The van der Waals surface area contributed by atoms with E-state index < -0.39 is 17.8 Å². The molecule has 4 aromatic carbocycles. The van der Waals surface area contributed by atoms with Crippen LogP contribution in [0.15, 0.2) is 129 Å². The van der Waals surface area contributed by atoms with E-state index in [9.17, 15) is 14.4 Å². The van der Waals surface area contributed by atoms with Gasteiger partial charge >= 0.3 is 5.97 Å². The fourth-order valence-corrected chi connectivity index (χ4v) is 6.09. The Kier molecular flexibility index (Phi) is 18.6. The number of nitrogens with two attached hydrogens (primary N) is 1. The van der Waals surface area contributed by atoms with Gasteiger partial charge < -0.3 is 20.6 Å². The summed E-state index contributed by atoms with van der Waals surface area (Å²) in [4.78, 5) is 39.4. The van der Waals surface area contributed by atoms with Crippen molar-refractivity contribution in [2.45, 2.75) is 45.6 Å². The second-order valence-electron chi connectivity index (χ2n) is 14.7. The van der Waals surface area contributed by atoms with Gasteiger partial charge in [-0.05, 0) is 29.3 Å². The summed E-state index contributed by atoms with van der Waals surface area (Å²) in [5.74, 6) is 0.266. The minimum Gasteiger partial charge on any atom is -0.370 e. The van der Waals surface area contributed by atoms with Crippen LogP contribution in [0.3, 0.4) is 0 Å². The van der Waals surface area contributed by atoms with Gasteiger partial charge in [-0.15, -0.1) is 86.6 Å². The third-order valence-corrected chi connectivity index (χ3v) is 9.63. The van der Waals surface area contributed by atoms with Crippen molar-refractivity contribution < 1.29 is 24.0 Å². The molecule has 6 heterocycles. The number of nitrogens with one attached hydrogen (secondary N) is 2. The van der Waals surface area contributed by atoms with Crippen LogP contribution in [0.4, 0.5) is 0 Å². The van der Waals surface area contributed by atoms with Gasteiger partial charge in [-0.3, -0.25) is 9.59 Å². The van der Waals surface area contributed by atoms with E-state index in [4.69, 9.17) is 15.3 Å². The van der Waals surface area contributed by atoms with Crippen LogP contribution in [0.1, 0.15) is 40.8 Å². The Labute approximate surface area is 408 Å². The minimum atomic E-state index is -0.680. The van der Waals surface area contributed by atoms with Crippen molar-refractivity contribution in [3.8, 4) is 45.6 Å². The van der Waals surface area contributed by atoms with Crippen LogP contribution >= 0.6 is 0 Å². The number of aromatic amines is 1. The third-order valence-electron chi connectivity index (χ3n) is 9.63. The highest BCUT2D eigenvalue weighted by Crippen LogP contribution is 2.18. The highest BCUT2D eigenvalue weighted by molar-refractivity contribution is 6.01. The summed E-state index contributed by atoms with van der Waals surface area (Å²) in [5, 5.41) is 74.1. The normalized spacial score (nSPS) is 11.6. The van der Waals surface area contributed by atoms with Gasteiger partial charge in [0.25, 0.3) is 11.8 Å². The van der Waals surface area contributed by atoms with Crippen LogP contribution in [0.25, 0.3) is 45.6 Å². The maximum atomic E-state index is 11.8. The molecule has 2 amide bonds. The van der Waals surface area contributed by atoms with Gasteiger partial charge in [0.1, 0.15) is 5.69 Å². The number of hydroxylamine groups is 2. The molecule has 4 N–H and O–H groups in total. The average molecular weight is 971 g/mol. The number of hydrogen-bond donors (Lipinski definition) is 3. The first-order valence-corrected chi connectivity index (χ1v) is 21.6. The first-order chi connectivity index (χ1) is 35.3. The molecule has 72 heavy (non-hydrogen) atoms. The highest BCUT2D eigenvalue weighted by Gasteiger charge is 2.32. The molecule has 1 aliphatic rings. The Morgan fingerprint density at radius 1 is 0.556 bits per heavy atom. The lowest BCUT2D eigenvalue weighted by atomic mass is 10.1. The Hall–Kier alpha value is -9.73. The number of carbonyl (C=O) groups excluding carboxylic acids is 3. The molecular formula is C45H42N22O5. The van der Waals surface area contributed by atoms with Crippen molar-refractivity contribution in [3.63, 3.8) is 0 Å². The first-order valence-electron chi connectivity index (χ1n) is 21.6. The zero-order valence-corrected chi connectivity index (χ0v) is 38.2. The lowest BCUT2D eigenvalue weighted by Crippen LogP contribution is -2.32. The van der Waals surface area contributed by atoms with E-state index in [0.29, 0.717) is 59.2 Å². The minimum absolute atomic E-state index is 0.0660. The summed E-state index contributed by atoms with van der Waals surface area (Å²) in [6.07, 6.45) is 6.86. The van der Waals surface area contributed by atoms with E-state index in [1.807, 2.05) is 79.8 Å². The summed E-state index contributed by atoms with van der Waals surface area (Å²) >= 11 is 0. The van der Waals surface area contributed by atoms with E-state index in [-0.39, 0.29) is 19.3 Å². The Morgan fingerprint density at radius 2 is 0.944 bits per heavy atom. The maximum absolute atomic E-state index is 11.8. The van der Waals surface area contributed by atoms with Crippen molar-refractivity contribution in [3.05, 3.63) is 157 Å². The van der Waals surface area contributed by atoms with Crippen LogP contribution in [0.5, 0.6) is 0 Å². The smallest absolute Gasteiger partial charge is 0.337 e. The van der Waals surface area contributed by atoms with Crippen molar-refractivity contribution >= 4 is 17.8 Å². The zero-order chi connectivity index (χ0) is 50.2. The lowest BCUT2D eigenvalue weighted by Gasteiger charge is -2.12. The molecule has 0 unspecified atom stereocenters. The van der Waals surface area contributed by atoms with E-state index in [2.05, 4.69) is 102 Å². The summed E-state index contributed by atoms with van der Waals surface area (Å²) in [5.41, 5.74) is 13.6. The molecule has 1 aliphatic heterocycles. The van der Waals surface area contributed by atoms with Crippen LogP contribution in [-0.4, -0.2) is 127 Å². The zero-order valence-electron chi connectivity index (χ0n) is 38.2. The molecule has 27 heteroatoms. The van der Waals surface area contributed by atoms with Crippen LogP contribution in [-0.2, 0) is 56.7 Å². The van der Waals surface area contributed by atoms with Gasteiger partial charge in [-0.25, -0.2) is 4.79 Å². The SMILES string of the molecule is CNCc1ccc(-c2nncnn2)cc1.NCc1ccc(-c2nncnn2)cc1.O=C(Cc1ccc(-c2nncnn2)cc1)ON1C(=O)CCC1=O.c1nnc(-c2ccc(COCc3cn[nH]n3)cc2)nn1. The molecule has 0 bridgehead atoms. The molecule has 10 rings (SSSR count). The Balaban J connectivity index is 0.000000144. The number of nitrogens with zero attached hydrogens (tertiary/aromatic N) is 19. The number of benzene rings is 4. The average Bonchev–Trinajstić information content (AvgIpc) is 4.09. The predicted molar refractivity (Wildman–Crippen MR) is 249 cm³/mol. The number of imide groups is 1. The van der Waals surface area contributed by atoms with Gasteiger partial charge in [-0.2, -0.15) is 15.4 Å². The standard InChI is InChI=1S/C14H11N5O4.C12H11N7O.C10H11N5.C9H9N5/c20-11-5-6-12(21)19(11)23-13(22)7-9-1-3-10(4-2-9)14-17-15-8-16-18-14;1-3-10(12-17-14-8-15-18-12)4-2-9(1)6-20-7-11-5-13-19-16-11;1-11-6-8-2-4-9(5-3-8)10-14-12-7-13-15-10;10-5-7-1-3-8(4-2-7)9-13-11-6-12-14-9/h1-4,8H,5-7H2;1-5,8H,6-7H2,(H,13,16,19);2-5,7,11H,6H2,1H3;1-4,6H,5,10H2. The third kappa shape index (κ3) is 15.4. The van der Waals surface area contributed by atoms with E-state index in [1.165, 1.54) is 30.9 Å². The van der Waals surface area contributed by atoms with Gasteiger partial charge in [0.15, 0.2) is 25.3 Å². The topological polar surface area (TPSA) is 359 Å². The largest absolute Gasteiger partial charge is 0.370 e. The molecule has 0 spiro atoms. The van der Waals surface area contributed by atoms with Gasteiger partial charge in [0.05, 0.1) is 25.8 Å². The quantitative estimate of drug-likeness (QED) is 0.131. The predicted octanol–water partition coefficient (Wildman–Crippen LogP) is 1.90. The van der Waals surface area contributed by atoms with Crippen LogP contribution in [0.2, 0.25) is 0 Å². The number of rotatable bonds is 14. The fraction of sp³-hybridized carbons (Fsp3) is 0.178. The first kappa shape index (κ1) is 50.2. The lowest BCUT2D eigenvalue weighted by molar-refractivity contribution is -0.197. The highest BCUT2D eigenvalue weighted by atomic mass is 16.7. The van der Waals surface area contributed by atoms with E-state index in [1.54, 1.807) is 30.5 Å². The molecule has 0 saturated carbocycles. The maximum Gasteiger partial charge on any atom is 0.337 e. The molecule has 5 aromatic heterocycles. The van der Waals surface area contributed by atoms with E-state index >= 15 is 0 Å². The van der Waals surface area contributed by atoms with Crippen molar-refractivity contribution in [1.82, 2.24) is 107 Å². The monoisotopic (exact) mass is 970 g/mol. The molecule has 1 saturated heterocycles. The van der Waals surface area contributed by atoms with Gasteiger partial charge in [0, 0.05) is 48.2 Å². The van der Waals surface area contributed by atoms with Crippen molar-refractivity contribution in [2.75, 3.05) is 7.05 Å². The summed E-state index contributed by atoms with van der Waals surface area (Å²) < 4.78 is 5.53. The second kappa shape index (κ2) is 26.7. The number of ether oxygens (including phenoxy) is 1. The van der Waals surface area contributed by atoms with E-state index in [0.717, 1.165) is 40.1 Å². The molecule has 1 fully saturated rings. The fourth-order valence-electron chi connectivity index (χ4n) is 6.09. The van der Waals surface area contributed by atoms with Crippen LogP contribution in [0, 0.1) is 0 Å². The molecule has 0 radical (unpaired) electrons. The Morgan fingerprint density at radius 3 is 1.32 bits per heavy atom. The number of amides is 2. The molecule has 9 aromatic rings. The van der Waals surface area contributed by atoms with Crippen LogP contribution < -0.4 is 11.1 Å². The number of carbonyl (C=O) groups is 3. The van der Waals surface area contributed by atoms with Crippen molar-refractivity contribution in [1.29, 1.82) is 0 Å². The second-order valence-corrected chi connectivity index (χ2v) is 14.7. The van der Waals surface area contributed by atoms with Gasteiger partial charge in [-0.1, -0.05) is 97.1 Å². The molecule has 0 atom stereocenters. The molecular weight excluding hydrogens is 929 g/mol. The number of H-pyrrole nitrogens is 1. The molecule has 0 aliphatic carbocycles. The summed E-state index contributed by atoms with van der Waals surface area (Å²) in [7, 11) is 1.92. The van der Waals surface area contributed by atoms with Crippen molar-refractivity contribution in [2.24, 2.45) is 5.73 Å². The number of aromatic nitrogens is 19. The summed E-state index contributed by atoms with van der Waals surface area (Å²) in [6.45, 7) is 2.31. The summed E-state index contributed by atoms with van der Waals surface area (Å²) in [6, 6.07) is 30.2. The van der Waals surface area contributed by atoms with Gasteiger partial charge in [0.2, 0.25) is 23.3 Å². The number of hydrogen-bond acceptors (Lipinski definition) is 25. The molecule has 362 valence electrons. The Bertz CT molecular complexity index is 3010. The molecule has 27 nitrogen and oxygen atoms in total.